The summed E-state index contributed by atoms with van der Waals surface area (Å²) in [5.74, 6) is -1.56. The van der Waals surface area contributed by atoms with Gasteiger partial charge in [0.2, 0.25) is 0 Å². The van der Waals surface area contributed by atoms with Crippen molar-refractivity contribution in [3.8, 4) is 0 Å². The summed E-state index contributed by atoms with van der Waals surface area (Å²) >= 11 is 5.71. The highest BCUT2D eigenvalue weighted by Gasteiger charge is 2.16. The number of hydrogen-bond acceptors (Lipinski definition) is 3. The van der Waals surface area contributed by atoms with Crippen molar-refractivity contribution >= 4 is 23.5 Å². The lowest BCUT2D eigenvalue weighted by Gasteiger charge is -2.21. The molecule has 4 nitrogen and oxygen atoms in total. The van der Waals surface area contributed by atoms with Crippen LogP contribution in [0.25, 0.3) is 0 Å². The molecule has 0 fully saturated rings. The van der Waals surface area contributed by atoms with E-state index in [0.717, 1.165) is 0 Å². The molecule has 1 amide bonds. The maximum Gasteiger partial charge on any atom is 0.251 e. The van der Waals surface area contributed by atoms with Gasteiger partial charge in [-0.05, 0) is 36.6 Å². The molecule has 1 N–H and O–H groups in total. The summed E-state index contributed by atoms with van der Waals surface area (Å²) in [4.78, 5) is 22.7. The second kappa shape index (κ2) is 6.40. The van der Waals surface area contributed by atoms with E-state index in [1.54, 1.807) is 24.3 Å². The predicted octanol–water partition coefficient (Wildman–Crippen LogP) is 1.23. The highest BCUT2D eigenvalue weighted by Crippen LogP contribution is 2.10. The van der Waals surface area contributed by atoms with Gasteiger partial charge in [-0.3, -0.25) is 4.79 Å². The Morgan fingerprint density at radius 2 is 1.83 bits per heavy atom. The van der Waals surface area contributed by atoms with Gasteiger partial charge in [0.05, 0.1) is 12.0 Å². The standard InChI is InChI=1S/C13H16ClNO3/c1-8(2)7-11(13(17)18)15-12(16)9-3-5-10(14)6-4-9/h3-6,8,11H,7H2,1-2H3,(H,15,16)(H,17,18)/p-1/t11-/m0/s1. The maximum absolute atomic E-state index is 11.8. The van der Waals surface area contributed by atoms with Crippen LogP contribution in [0.15, 0.2) is 24.3 Å². The van der Waals surface area contributed by atoms with Gasteiger partial charge in [-0.15, -0.1) is 0 Å². The van der Waals surface area contributed by atoms with E-state index in [1.165, 1.54) is 0 Å². The Kier molecular flexibility index (Phi) is 5.16. The van der Waals surface area contributed by atoms with Crippen molar-refractivity contribution in [2.75, 3.05) is 0 Å². The Hall–Kier alpha value is -1.55. The number of carbonyl (C=O) groups excluding carboxylic acids is 2. The van der Waals surface area contributed by atoms with Gasteiger partial charge in [0, 0.05) is 10.6 Å². The van der Waals surface area contributed by atoms with Gasteiger partial charge in [0.1, 0.15) is 0 Å². The third-order valence-electron chi connectivity index (χ3n) is 2.40. The van der Waals surface area contributed by atoms with E-state index in [-0.39, 0.29) is 5.92 Å². The molecule has 18 heavy (non-hydrogen) atoms. The fraction of sp³-hybridized carbons (Fsp3) is 0.385. The Labute approximate surface area is 111 Å². The van der Waals surface area contributed by atoms with E-state index in [0.29, 0.717) is 17.0 Å². The normalized spacial score (nSPS) is 12.2. The first-order chi connectivity index (χ1) is 8.40. The van der Waals surface area contributed by atoms with Gasteiger partial charge in [0.15, 0.2) is 0 Å². The third-order valence-corrected chi connectivity index (χ3v) is 2.66. The van der Waals surface area contributed by atoms with Crippen molar-refractivity contribution in [1.82, 2.24) is 5.32 Å². The number of rotatable bonds is 5. The molecule has 0 saturated carbocycles. The molecule has 0 unspecified atom stereocenters. The number of benzene rings is 1. The van der Waals surface area contributed by atoms with Crippen molar-refractivity contribution in [1.29, 1.82) is 0 Å². The average Bonchev–Trinajstić information content (AvgIpc) is 2.28. The number of carbonyl (C=O) groups is 2. The van der Waals surface area contributed by atoms with Crippen LogP contribution < -0.4 is 10.4 Å². The average molecular weight is 269 g/mol. The summed E-state index contributed by atoms with van der Waals surface area (Å²) in [5.41, 5.74) is 0.370. The van der Waals surface area contributed by atoms with Gasteiger partial charge in [-0.2, -0.15) is 0 Å². The molecule has 0 aliphatic carbocycles. The van der Waals surface area contributed by atoms with Crippen molar-refractivity contribution in [2.24, 2.45) is 5.92 Å². The van der Waals surface area contributed by atoms with E-state index in [4.69, 9.17) is 11.6 Å². The zero-order chi connectivity index (χ0) is 13.7. The van der Waals surface area contributed by atoms with Gasteiger partial charge in [-0.25, -0.2) is 0 Å². The fourth-order valence-corrected chi connectivity index (χ4v) is 1.65. The van der Waals surface area contributed by atoms with E-state index in [2.05, 4.69) is 5.32 Å². The monoisotopic (exact) mass is 268 g/mol. The van der Waals surface area contributed by atoms with Crippen LogP contribution in [0.2, 0.25) is 5.02 Å². The molecule has 5 heteroatoms. The molecular weight excluding hydrogens is 254 g/mol. The summed E-state index contributed by atoms with van der Waals surface area (Å²) in [7, 11) is 0. The number of halogens is 1. The van der Waals surface area contributed by atoms with Crippen molar-refractivity contribution in [3.63, 3.8) is 0 Å². The zero-order valence-electron chi connectivity index (χ0n) is 10.3. The Morgan fingerprint density at radius 1 is 1.28 bits per heavy atom. The molecule has 1 rings (SSSR count). The van der Waals surface area contributed by atoms with Crippen LogP contribution >= 0.6 is 11.6 Å². The van der Waals surface area contributed by atoms with Crippen LogP contribution in [0.1, 0.15) is 30.6 Å². The van der Waals surface area contributed by atoms with Gasteiger partial charge >= 0.3 is 0 Å². The Balaban J connectivity index is 2.72. The molecule has 0 aromatic heterocycles. The van der Waals surface area contributed by atoms with Crippen molar-refractivity contribution in [2.45, 2.75) is 26.3 Å². The van der Waals surface area contributed by atoms with Gasteiger partial charge < -0.3 is 15.2 Å². The summed E-state index contributed by atoms with van der Waals surface area (Å²) in [6.45, 7) is 3.76. The van der Waals surface area contributed by atoms with Crippen LogP contribution in [-0.4, -0.2) is 17.9 Å². The van der Waals surface area contributed by atoms with Gasteiger partial charge in [-0.1, -0.05) is 25.4 Å². The summed E-state index contributed by atoms with van der Waals surface area (Å²) < 4.78 is 0. The van der Waals surface area contributed by atoms with Gasteiger partial charge in [0.25, 0.3) is 5.91 Å². The molecule has 0 saturated heterocycles. The summed E-state index contributed by atoms with van der Waals surface area (Å²) in [6, 6.07) is 5.26. The first-order valence-electron chi connectivity index (χ1n) is 5.67. The third kappa shape index (κ3) is 4.37. The van der Waals surface area contributed by atoms with Crippen LogP contribution in [0.5, 0.6) is 0 Å². The lowest BCUT2D eigenvalue weighted by Crippen LogP contribution is -2.48. The SMILES string of the molecule is CC(C)C[C@H](NC(=O)c1ccc(Cl)cc1)C(=O)[O-]. The molecule has 1 aromatic rings. The highest BCUT2D eigenvalue weighted by molar-refractivity contribution is 6.30. The lowest BCUT2D eigenvalue weighted by atomic mass is 10.0. The lowest BCUT2D eigenvalue weighted by molar-refractivity contribution is -0.308. The molecule has 0 radical (unpaired) electrons. The zero-order valence-corrected chi connectivity index (χ0v) is 11.0. The minimum atomic E-state index is -1.27. The van der Waals surface area contributed by atoms with Crippen LogP contribution in [0, 0.1) is 5.92 Å². The topological polar surface area (TPSA) is 69.2 Å². The summed E-state index contributed by atoms with van der Waals surface area (Å²) in [6.07, 6.45) is 0.335. The molecule has 0 aliphatic heterocycles. The number of hydrogen-bond donors (Lipinski definition) is 1. The number of nitrogens with one attached hydrogen (secondary N) is 1. The van der Waals surface area contributed by atoms with Crippen LogP contribution in [0.4, 0.5) is 0 Å². The minimum Gasteiger partial charge on any atom is -0.548 e. The number of carboxylic acid groups (broad SMARTS) is 1. The second-order valence-corrected chi connectivity index (χ2v) is 4.92. The second-order valence-electron chi connectivity index (χ2n) is 4.48. The van der Waals surface area contributed by atoms with E-state index in [9.17, 15) is 14.7 Å². The van der Waals surface area contributed by atoms with E-state index in [1.807, 2.05) is 13.8 Å². The number of aliphatic carboxylic acids is 1. The first-order valence-corrected chi connectivity index (χ1v) is 6.05. The van der Waals surface area contributed by atoms with E-state index < -0.39 is 17.9 Å². The molecule has 1 aromatic carbocycles. The Morgan fingerprint density at radius 3 is 2.28 bits per heavy atom. The largest absolute Gasteiger partial charge is 0.548 e. The molecule has 1 atom stereocenters. The van der Waals surface area contributed by atoms with Crippen molar-refractivity contribution in [3.05, 3.63) is 34.9 Å². The molecule has 0 aliphatic rings. The quantitative estimate of drug-likeness (QED) is 0.873. The van der Waals surface area contributed by atoms with Crippen LogP contribution in [0.3, 0.4) is 0 Å². The van der Waals surface area contributed by atoms with Crippen LogP contribution in [-0.2, 0) is 4.79 Å². The highest BCUT2D eigenvalue weighted by atomic mass is 35.5. The van der Waals surface area contributed by atoms with Crippen molar-refractivity contribution < 1.29 is 14.7 Å². The smallest absolute Gasteiger partial charge is 0.251 e. The molecule has 0 bridgehead atoms. The first kappa shape index (κ1) is 14.5. The number of carboxylic acids is 1. The minimum absolute atomic E-state index is 0.151. The predicted molar refractivity (Wildman–Crippen MR) is 67.2 cm³/mol. The molecule has 98 valence electrons. The fourth-order valence-electron chi connectivity index (χ4n) is 1.53. The molecule has 0 spiro atoms. The summed E-state index contributed by atoms with van der Waals surface area (Å²) in [5, 5.41) is 13.9. The Bertz CT molecular complexity index is 428. The number of amides is 1. The maximum atomic E-state index is 11.8. The molecular formula is C13H15ClNO3-. The molecule has 0 heterocycles. The van der Waals surface area contributed by atoms with E-state index >= 15 is 0 Å².